The van der Waals surface area contributed by atoms with Crippen molar-refractivity contribution in [2.45, 2.75) is 12.3 Å². The number of hydrogen-bond donors (Lipinski definition) is 0. The highest BCUT2D eigenvalue weighted by Crippen LogP contribution is 2.55. The van der Waals surface area contributed by atoms with Gasteiger partial charge in [0.15, 0.2) is 5.82 Å². The molecular weight excluding hydrogens is 564 g/mol. The van der Waals surface area contributed by atoms with E-state index in [-0.39, 0.29) is 5.41 Å². The monoisotopic (exact) mass is 590 g/mol. The van der Waals surface area contributed by atoms with E-state index in [0.717, 1.165) is 55.1 Å². The van der Waals surface area contributed by atoms with Crippen LogP contribution in [0.2, 0.25) is 0 Å². The van der Waals surface area contributed by atoms with Crippen LogP contribution in [0.1, 0.15) is 23.6 Å². The molecule has 0 fully saturated rings. The van der Waals surface area contributed by atoms with Crippen LogP contribution in [0, 0.1) is 0 Å². The van der Waals surface area contributed by atoms with Crippen molar-refractivity contribution in [1.82, 2.24) is 9.97 Å². The first-order valence-electron chi connectivity index (χ1n) is 15.6. The summed E-state index contributed by atoms with van der Waals surface area (Å²) in [6.07, 6.45) is 0. The van der Waals surface area contributed by atoms with Gasteiger partial charge in [0.1, 0.15) is 16.7 Å². The third kappa shape index (κ3) is 3.38. The minimum absolute atomic E-state index is 0.358. The Balaban J connectivity index is 1.21. The molecule has 0 spiro atoms. The second-order valence-corrected chi connectivity index (χ2v) is 12.3. The molecule has 3 heterocycles. The molecule has 0 amide bonds. The molecule has 216 valence electrons. The van der Waals surface area contributed by atoms with E-state index in [2.05, 4.69) is 110 Å². The number of rotatable bonds is 3. The largest absolute Gasteiger partial charge is 0.456 e. The average Bonchev–Trinajstić information content (AvgIpc) is 3.77. The maximum absolute atomic E-state index is 6.88. The molecule has 6 aromatic carbocycles. The first-order chi connectivity index (χ1) is 22.7. The average molecular weight is 591 g/mol. The molecule has 1 aliphatic rings. The van der Waals surface area contributed by atoms with Crippen LogP contribution >= 0.6 is 0 Å². The fraction of sp³-hybridized carbons (Fsp3) is 0.0476. The summed E-state index contributed by atoms with van der Waals surface area (Å²) in [6, 6.07) is 48.6. The summed E-state index contributed by atoms with van der Waals surface area (Å²) < 4.78 is 13.2. The normalized spacial score (nSPS) is 15.6. The molecule has 0 radical (unpaired) electrons. The van der Waals surface area contributed by atoms with Crippen molar-refractivity contribution >= 4 is 44.0 Å². The van der Waals surface area contributed by atoms with Crippen LogP contribution in [0.25, 0.3) is 77.8 Å². The highest BCUT2D eigenvalue weighted by atomic mass is 16.3. The molecule has 0 bridgehead atoms. The zero-order valence-electron chi connectivity index (χ0n) is 25.0. The van der Waals surface area contributed by atoms with E-state index in [1.54, 1.807) is 0 Å². The zero-order valence-corrected chi connectivity index (χ0v) is 25.0. The maximum Gasteiger partial charge on any atom is 0.231 e. The van der Waals surface area contributed by atoms with E-state index in [0.29, 0.717) is 11.5 Å². The summed E-state index contributed by atoms with van der Waals surface area (Å²) in [5.41, 5.74) is 11.7. The maximum atomic E-state index is 6.88. The number of benzene rings is 6. The fourth-order valence-corrected chi connectivity index (χ4v) is 7.62. The predicted molar refractivity (Wildman–Crippen MR) is 185 cm³/mol. The summed E-state index contributed by atoms with van der Waals surface area (Å²) in [7, 11) is 0. The number of fused-ring (bicyclic) bond motifs is 10. The zero-order chi connectivity index (χ0) is 30.4. The van der Waals surface area contributed by atoms with Gasteiger partial charge in [-0.25, -0.2) is 4.98 Å². The first-order valence-corrected chi connectivity index (χ1v) is 15.6. The van der Waals surface area contributed by atoms with Gasteiger partial charge in [0.2, 0.25) is 5.71 Å². The van der Waals surface area contributed by atoms with Crippen LogP contribution in [0.3, 0.4) is 0 Å². The molecule has 0 saturated heterocycles. The summed E-state index contributed by atoms with van der Waals surface area (Å²) in [5, 5.41) is 4.10. The second-order valence-electron chi connectivity index (χ2n) is 12.3. The summed E-state index contributed by atoms with van der Waals surface area (Å²) >= 11 is 0. The molecule has 1 aliphatic carbocycles. The highest BCUT2D eigenvalue weighted by molar-refractivity contribution is 6.12. The van der Waals surface area contributed by atoms with Crippen molar-refractivity contribution < 1.29 is 8.83 Å². The molecule has 1 unspecified atom stereocenters. The molecule has 0 N–H and O–H groups in total. The number of hydrogen-bond acceptors (Lipinski definition) is 4. The standard InChI is InChI=1S/C42H26N2O2/c1-42(27-14-6-3-7-15-27)33-18-10-8-16-28(33)30-22-23-31-29-21-20-26(24-35(29)45-39(31)37(30)42)40-43-38(25-12-4-2-5-13-25)36-32-17-9-11-19-34(32)46-41(36)44-40/h2-24H,1H3. The topological polar surface area (TPSA) is 52.1 Å². The number of para-hydroxylation sites is 1. The minimum atomic E-state index is -0.358. The van der Waals surface area contributed by atoms with Crippen molar-refractivity contribution in [3.8, 4) is 33.8 Å². The fourth-order valence-electron chi connectivity index (χ4n) is 7.62. The third-order valence-electron chi connectivity index (χ3n) is 9.79. The van der Waals surface area contributed by atoms with Crippen LogP contribution in [0.4, 0.5) is 0 Å². The summed E-state index contributed by atoms with van der Waals surface area (Å²) in [5.74, 6) is 0.597. The van der Waals surface area contributed by atoms with Crippen molar-refractivity contribution in [3.63, 3.8) is 0 Å². The molecule has 1 atom stereocenters. The SMILES string of the molecule is CC1(c2ccccc2)c2ccccc2-c2ccc3c(oc4cc(-c5nc(-c6ccccc6)c6c(n5)oc5ccccc56)ccc43)c21. The van der Waals surface area contributed by atoms with Gasteiger partial charge in [-0.1, -0.05) is 115 Å². The van der Waals surface area contributed by atoms with Gasteiger partial charge in [-0.05, 0) is 53.4 Å². The van der Waals surface area contributed by atoms with E-state index >= 15 is 0 Å². The van der Waals surface area contributed by atoms with Crippen LogP contribution in [-0.2, 0) is 5.41 Å². The van der Waals surface area contributed by atoms with Crippen LogP contribution < -0.4 is 0 Å². The van der Waals surface area contributed by atoms with Gasteiger partial charge in [-0.2, -0.15) is 4.98 Å². The third-order valence-corrected chi connectivity index (χ3v) is 9.79. The first kappa shape index (κ1) is 25.3. The van der Waals surface area contributed by atoms with E-state index in [4.69, 9.17) is 18.8 Å². The Labute approximate surface area is 264 Å². The molecule has 3 aromatic heterocycles. The summed E-state index contributed by atoms with van der Waals surface area (Å²) in [4.78, 5) is 10.1. The Kier molecular flexibility index (Phi) is 5.10. The second kappa shape index (κ2) is 9.26. The molecule has 46 heavy (non-hydrogen) atoms. The smallest absolute Gasteiger partial charge is 0.231 e. The Bertz CT molecular complexity index is 2650. The lowest BCUT2D eigenvalue weighted by molar-refractivity contribution is 0.639. The van der Waals surface area contributed by atoms with Gasteiger partial charge in [-0.3, -0.25) is 0 Å². The Hall–Kier alpha value is -6.00. The van der Waals surface area contributed by atoms with Crippen LogP contribution in [0.5, 0.6) is 0 Å². The van der Waals surface area contributed by atoms with Gasteiger partial charge in [0.25, 0.3) is 0 Å². The number of furan rings is 2. The molecular formula is C42H26N2O2. The summed E-state index contributed by atoms with van der Waals surface area (Å²) in [6.45, 7) is 2.33. The Morgan fingerprint density at radius 3 is 2.15 bits per heavy atom. The lowest BCUT2D eigenvalue weighted by Gasteiger charge is -2.28. The lowest BCUT2D eigenvalue weighted by atomic mass is 9.74. The molecule has 4 nitrogen and oxygen atoms in total. The Morgan fingerprint density at radius 1 is 0.543 bits per heavy atom. The van der Waals surface area contributed by atoms with E-state index in [1.165, 1.54) is 27.8 Å². The van der Waals surface area contributed by atoms with Gasteiger partial charge in [0.05, 0.1) is 11.1 Å². The van der Waals surface area contributed by atoms with E-state index < -0.39 is 0 Å². The van der Waals surface area contributed by atoms with Gasteiger partial charge in [-0.15, -0.1) is 0 Å². The highest BCUT2D eigenvalue weighted by Gasteiger charge is 2.43. The number of nitrogens with zero attached hydrogens (tertiary/aromatic N) is 2. The molecule has 4 heteroatoms. The van der Waals surface area contributed by atoms with Crippen LogP contribution in [-0.4, -0.2) is 9.97 Å². The van der Waals surface area contributed by atoms with Crippen LogP contribution in [0.15, 0.2) is 148 Å². The Morgan fingerprint density at radius 2 is 1.28 bits per heavy atom. The number of aromatic nitrogens is 2. The van der Waals surface area contributed by atoms with Crippen molar-refractivity contribution in [3.05, 3.63) is 156 Å². The molecule has 10 rings (SSSR count). The molecule has 0 aliphatic heterocycles. The quantitative estimate of drug-likeness (QED) is 0.205. The molecule has 0 saturated carbocycles. The van der Waals surface area contributed by atoms with E-state index in [1.807, 2.05) is 36.4 Å². The van der Waals surface area contributed by atoms with Gasteiger partial charge < -0.3 is 8.83 Å². The molecule has 9 aromatic rings. The lowest BCUT2D eigenvalue weighted by Crippen LogP contribution is -2.22. The van der Waals surface area contributed by atoms with Gasteiger partial charge >= 0.3 is 0 Å². The van der Waals surface area contributed by atoms with Crippen molar-refractivity contribution in [2.75, 3.05) is 0 Å². The van der Waals surface area contributed by atoms with Crippen molar-refractivity contribution in [2.24, 2.45) is 0 Å². The van der Waals surface area contributed by atoms with E-state index in [9.17, 15) is 0 Å². The predicted octanol–water partition coefficient (Wildman–Crippen LogP) is 10.9. The van der Waals surface area contributed by atoms with Gasteiger partial charge in [0, 0.05) is 38.3 Å². The van der Waals surface area contributed by atoms with Crippen molar-refractivity contribution in [1.29, 1.82) is 0 Å². The minimum Gasteiger partial charge on any atom is -0.456 e.